The van der Waals surface area contributed by atoms with Crippen LogP contribution >= 0.6 is 0 Å². The van der Waals surface area contributed by atoms with Crippen molar-refractivity contribution >= 4 is 9.84 Å². The Balaban J connectivity index is 1.78. The van der Waals surface area contributed by atoms with Crippen molar-refractivity contribution < 1.29 is 13.2 Å². The van der Waals surface area contributed by atoms with Crippen LogP contribution in [0.3, 0.4) is 0 Å². The zero-order valence-corrected chi connectivity index (χ0v) is 9.63. The van der Waals surface area contributed by atoms with Crippen molar-refractivity contribution in [2.75, 3.05) is 32.1 Å². The Morgan fingerprint density at radius 3 is 2.33 bits per heavy atom. The molecule has 0 amide bonds. The van der Waals surface area contributed by atoms with Crippen LogP contribution in [0.2, 0.25) is 0 Å². The molecule has 0 N–H and O–H groups in total. The quantitative estimate of drug-likeness (QED) is 0.639. The van der Waals surface area contributed by atoms with Gasteiger partial charge in [0.05, 0.1) is 23.7 Å². The molecule has 86 valence electrons. The summed E-state index contributed by atoms with van der Waals surface area (Å²) in [4.78, 5) is 2.32. The van der Waals surface area contributed by atoms with Crippen LogP contribution in [0.1, 0.15) is 19.3 Å². The number of nitrogens with zero attached hydrogens (tertiary/aromatic N) is 1. The fourth-order valence-electron chi connectivity index (χ4n) is 3.13. The highest BCUT2D eigenvalue weighted by atomic mass is 32.2. The molecule has 0 radical (unpaired) electrons. The summed E-state index contributed by atoms with van der Waals surface area (Å²) in [5, 5.41) is 0. The number of sulfone groups is 1. The molecular weight excluding hydrogens is 214 g/mol. The van der Waals surface area contributed by atoms with E-state index in [0.29, 0.717) is 11.8 Å². The second-order valence-corrected chi connectivity index (χ2v) is 7.24. The van der Waals surface area contributed by atoms with Gasteiger partial charge in [-0.25, -0.2) is 8.42 Å². The Labute approximate surface area is 90.5 Å². The monoisotopic (exact) mass is 231 g/mol. The van der Waals surface area contributed by atoms with E-state index in [4.69, 9.17) is 4.74 Å². The fraction of sp³-hybridized carbons (Fsp3) is 1.00. The third-order valence-corrected chi connectivity index (χ3v) is 6.96. The molecule has 1 unspecified atom stereocenters. The highest BCUT2D eigenvalue weighted by Crippen LogP contribution is 2.51. The minimum Gasteiger partial charge on any atom is -0.379 e. The molecule has 5 heteroatoms. The van der Waals surface area contributed by atoms with E-state index in [0.717, 1.165) is 45.6 Å². The van der Waals surface area contributed by atoms with E-state index in [-0.39, 0.29) is 4.75 Å². The summed E-state index contributed by atoms with van der Waals surface area (Å²) in [5.41, 5.74) is 0. The smallest absolute Gasteiger partial charge is 0.159 e. The molecule has 1 aliphatic carbocycles. The third kappa shape index (κ3) is 1.23. The van der Waals surface area contributed by atoms with Gasteiger partial charge in [-0.1, -0.05) is 6.42 Å². The predicted molar refractivity (Wildman–Crippen MR) is 56.5 cm³/mol. The Morgan fingerprint density at radius 1 is 1.20 bits per heavy atom. The summed E-state index contributed by atoms with van der Waals surface area (Å²) < 4.78 is 28.6. The Morgan fingerprint density at radius 2 is 1.87 bits per heavy atom. The van der Waals surface area contributed by atoms with E-state index in [2.05, 4.69) is 4.90 Å². The SMILES string of the molecule is O=S1(=O)CC(N2CCOCC2)C12CCC2. The average molecular weight is 231 g/mol. The first-order chi connectivity index (χ1) is 7.16. The minimum atomic E-state index is -2.77. The van der Waals surface area contributed by atoms with E-state index < -0.39 is 9.84 Å². The zero-order valence-electron chi connectivity index (χ0n) is 8.81. The molecule has 2 saturated heterocycles. The van der Waals surface area contributed by atoms with Crippen molar-refractivity contribution in [2.24, 2.45) is 0 Å². The van der Waals surface area contributed by atoms with Crippen molar-refractivity contribution in [2.45, 2.75) is 30.1 Å². The topological polar surface area (TPSA) is 46.6 Å². The molecule has 4 nitrogen and oxygen atoms in total. The highest BCUT2D eigenvalue weighted by Gasteiger charge is 2.64. The van der Waals surface area contributed by atoms with E-state index in [1.807, 2.05) is 0 Å². The summed E-state index contributed by atoms with van der Waals surface area (Å²) in [7, 11) is -2.77. The van der Waals surface area contributed by atoms with Crippen LogP contribution in [0.5, 0.6) is 0 Å². The number of rotatable bonds is 1. The van der Waals surface area contributed by atoms with Gasteiger partial charge in [0.1, 0.15) is 0 Å². The number of hydrogen-bond donors (Lipinski definition) is 0. The van der Waals surface area contributed by atoms with Gasteiger partial charge in [0.25, 0.3) is 0 Å². The summed E-state index contributed by atoms with van der Waals surface area (Å²) in [6, 6.07) is 0.292. The zero-order chi connectivity index (χ0) is 10.5. The maximum Gasteiger partial charge on any atom is 0.159 e. The van der Waals surface area contributed by atoms with E-state index in [1.165, 1.54) is 0 Å². The van der Waals surface area contributed by atoms with Crippen LogP contribution in [0.4, 0.5) is 0 Å². The molecule has 3 aliphatic rings. The normalized spacial score (nSPS) is 38.3. The molecule has 2 heterocycles. The molecule has 0 aromatic heterocycles. The van der Waals surface area contributed by atoms with Gasteiger partial charge in [-0.2, -0.15) is 0 Å². The van der Waals surface area contributed by atoms with Gasteiger partial charge in [0.2, 0.25) is 0 Å². The first-order valence-electron chi connectivity index (χ1n) is 5.70. The molecule has 1 spiro atoms. The van der Waals surface area contributed by atoms with Gasteiger partial charge >= 0.3 is 0 Å². The lowest BCUT2D eigenvalue weighted by molar-refractivity contribution is -0.00394. The van der Waals surface area contributed by atoms with Crippen molar-refractivity contribution in [1.82, 2.24) is 4.90 Å². The molecule has 0 aromatic carbocycles. The maximum atomic E-state index is 11.8. The summed E-state index contributed by atoms with van der Waals surface area (Å²) in [5.74, 6) is 0.382. The second-order valence-electron chi connectivity index (χ2n) is 4.86. The fourth-order valence-corrected chi connectivity index (χ4v) is 5.67. The molecule has 1 saturated carbocycles. The number of ether oxygens (including phenoxy) is 1. The Bertz CT molecular complexity index is 355. The number of morpholine rings is 1. The third-order valence-electron chi connectivity index (χ3n) is 4.29. The second kappa shape index (κ2) is 3.18. The average Bonchev–Trinajstić information content (AvgIpc) is 2.13. The van der Waals surface area contributed by atoms with Gasteiger partial charge in [0, 0.05) is 19.1 Å². The molecule has 2 aliphatic heterocycles. The van der Waals surface area contributed by atoms with Gasteiger partial charge in [0.15, 0.2) is 9.84 Å². The maximum absolute atomic E-state index is 11.8. The van der Waals surface area contributed by atoms with Gasteiger partial charge in [-0.05, 0) is 12.8 Å². The van der Waals surface area contributed by atoms with Crippen LogP contribution in [0.15, 0.2) is 0 Å². The largest absolute Gasteiger partial charge is 0.379 e. The molecule has 15 heavy (non-hydrogen) atoms. The molecule has 3 rings (SSSR count). The van der Waals surface area contributed by atoms with Crippen LogP contribution in [-0.4, -0.2) is 56.2 Å². The molecule has 0 aromatic rings. The first kappa shape index (κ1) is 10.1. The lowest BCUT2D eigenvalue weighted by Gasteiger charge is -2.58. The van der Waals surface area contributed by atoms with Crippen molar-refractivity contribution in [1.29, 1.82) is 0 Å². The van der Waals surface area contributed by atoms with Crippen molar-refractivity contribution in [3.63, 3.8) is 0 Å². The van der Waals surface area contributed by atoms with Crippen molar-refractivity contribution in [3.05, 3.63) is 0 Å². The van der Waals surface area contributed by atoms with Crippen molar-refractivity contribution in [3.8, 4) is 0 Å². The van der Waals surface area contributed by atoms with Gasteiger partial charge in [-0.15, -0.1) is 0 Å². The van der Waals surface area contributed by atoms with Gasteiger partial charge in [-0.3, -0.25) is 4.90 Å². The minimum absolute atomic E-state index is 0.292. The molecular formula is C10H17NO3S. The number of hydrogen-bond acceptors (Lipinski definition) is 4. The molecule has 1 atom stereocenters. The van der Waals surface area contributed by atoms with Crippen LogP contribution < -0.4 is 0 Å². The molecule has 0 bridgehead atoms. The standard InChI is InChI=1S/C10H17NO3S/c12-15(13)8-9(10(15)2-1-3-10)11-4-6-14-7-5-11/h9H,1-8H2. The lowest BCUT2D eigenvalue weighted by Crippen LogP contribution is -2.73. The predicted octanol–water partition coefficient (Wildman–Crippen LogP) is 0.0383. The highest BCUT2D eigenvalue weighted by molar-refractivity contribution is 7.94. The van der Waals surface area contributed by atoms with Gasteiger partial charge < -0.3 is 4.74 Å². The van der Waals surface area contributed by atoms with E-state index in [1.54, 1.807) is 0 Å². The Kier molecular flexibility index (Phi) is 2.13. The van der Waals surface area contributed by atoms with Crippen LogP contribution in [0, 0.1) is 0 Å². The lowest BCUT2D eigenvalue weighted by atomic mass is 9.77. The first-order valence-corrected chi connectivity index (χ1v) is 7.35. The summed E-state index contributed by atoms with van der Waals surface area (Å²) >= 11 is 0. The van der Waals surface area contributed by atoms with E-state index in [9.17, 15) is 8.42 Å². The van der Waals surface area contributed by atoms with Crippen LogP contribution in [0.25, 0.3) is 0 Å². The van der Waals surface area contributed by atoms with E-state index >= 15 is 0 Å². The molecule has 3 fully saturated rings. The summed E-state index contributed by atoms with van der Waals surface area (Å²) in [6.07, 6.45) is 2.86. The van der Waals surface area contributed by atoms with Crippen LogP contribution in [-0.2, 0) is 14.6 Å². The summed E-state index contributed by atoms with van der Waals surface area (Å²) in [6.45, 7) is 3.32. The Hall–Kier alpha value is -0.130.